The van der Waals surface area contributed by atoms with Crippen molar-refractivity contribution in [1.82, 2.24) is 10.3 Å². The minimum Gasteiger partial charge on any atom is -0.618 e. The van der Waals surface area contributed by atoms with Crippen molar-refractivity contribution in [3.05, 3.63) is 101 Å². The summed E-state index contributed by atoms with van der Waals surface area (Å²) < 4.78 is 0.776. The normalized spacial score (nSPS) is 11.9. The highest BCUT2D eigenvalue weighted by Gasteiger charge is 2.22. The van der Waals surface area contributed by atoms with Crippen LogP contribution < -0.4 is 10.0 Å². The van der Waals surface area contributed by atoms with Crippen molar-refractivity contribution < 1.29 is 9.52 Å². The molecule has 4 aromatic rings. The fraction of sp³-hybridized carbons (Fsp3) is 0.125. The monoisotopic (exact) mass is 383 g/mol. The Bertz CT molecular complexity index is 1190. The van der Waals surface area contributed by atoms with Crippen molar-refractivity contribution in [2.75, 3.05) is 0 Å². The van der Waals surface area contributed by atoms with Crippen molar-refractivity contribution in [2.24, 2.45) is 0 Å². The molecule has 5 nitrogen and oxygen atoms in total. The maximum Gasteiger partial charge on any atom is 0.253 e. The van der Waals surface area contributed by atoms with Crippen LogP contribution in [0.5, 0.6) is 0 Å². The van der Waals surface area contributed by atoms with E-state index in [1.54, 1.807) is 25.1 Å². The van der Waals surface area contributed by atoms with Gasteiger partial charge in [-0.15, -0.1) is 0 Å². The molecule has 29 heavy (non-hydrogen) atoms. The third kappa shape index (κ3) is 3.55. The van der Waals surface area contributed by atoms with Crippen LogP contribution in [0.25, 0.3) is 22.2 Å². The van der Waals surface area contributed by atoms with E-state index < -0.39 is 6.04 Å². The zero-order valence-corrected chi connectivity index (χ0v) is 16.3. The summed E-state index contributed by atoms with van der Waals surface area (Å²) in [6, 6.07) is 22.2. The first-order valence-electron chi connectivity index (χ1n) is 9.50. The maximum absolute atomic E-state index is 13.3. The lowest BCUT2D eigenvalue weighted by Crippen LogP contribution is -2.38. The quantitative estimate of drug-likeness (QED) is 0.421. The second-order valence-corrected chi connectivity index (χ2v) is 6.99. The van der Waals surface area contributed by atoms with Crippen molar-refractivity contribution in [1.29, 1.82) is 0 Å². The number of nitrogens with zero attached hydrogens (tertiary/aromatic N) is 2. The molecule has 1 N–H and O–H groups in total. The molecule has 2 aromatic carbocycles. The van der Waals surface area contributed by atoms with Crippen molar-refractivity contribution in [3.63, 3.8) is 0 Å². The third-order valence-electron chi connectivity index (χ3n) is 5.06. The molecule has 144 valence electrons. The van der Waals surface area contributed by atoms with Gasteiger partial charge in [-0.1, -0.05) is 48.5 Å². The summed E-state index contributed by atoms with van der Waals surface area (Å²) >= 11 is 0. The molecule has 2 aromatic heterocycles. The Morgan fingerprint density at radius 2 is 1.69 bits per heavy atom. The Morgan fingerprint density at radius 3 is 2.45 bits per heavy atom. The van der Waals surface area contributed by atoms with Crippen LogP contribution in [-0.2, 0) is 0 Å². The summed E-state index contributed by atoms with van der Waals surface area (Å²) in [4.78, 5) is 18.1. The molecule has 1 unspecified atom stereocenters. The van der Waals surface area contributed by atoms with Gasteiger partial charge in [0, 0.05) is 23.1 Å². The Kier molecular flexibility index (Phi) is 4.96. The van der Waals surface area contributed by atoms with Crippen molar-refractivity contribution >= 4 is 16.8 Å². The van der Waals surface area contributed by atoms with Gasteiger partial charge in [0.15, 0.2) is 6.20 Å². The van der Waals surface area contributed by atoms with Gasteiger partial charge in [-0.3, -0.25) is 4.79 Å². The average Bonchev–Trinajstić information content (AvgIpc) is 2.74. The largest absolute Gasteiger partial charge is 0.618 e. The van der Waals surface area contributed by atoms with E-state index in [0.29, 0.717) is 11.3 Å². The molecule has 0 bridgehead atoms. The van der Waals surface area contributed by atoms with Gasteiger partial charge >= 0.3 is 0 Å². The molecule has 4 rings (SSSR count). The molecule has 0 radical (unpaired) electrons. The third-order valence-corrected chi connectivity index (χ3v) is 5.06. The van der Waals surface area contributed by atoms with Gasteiger partial charge in [-0.25, -0.2) is 4.98 Å². The SMILES string of the molecule is Cc1c(-c2ccccc2)nc2ccccc2c1C(=O)NC(C)c1cccc[n+]1[O-]. The predicted molar refractivity (Wildman–Crippen MR) is 113 cm³/mol. The van der Waals surface area contributed by atoms with Gasteiger partial charge in [0.25, 0.3) is 5.91 Å². The first-order valence-corrected chi connectivity index (χ1v) is 9.50. The maximum atomic E-state index is 13.3. The van der Waals surface area contributed by atoms with E-state index in [4.69, 9.17) is 4.98 Å². The van der Waals surface area contributed by atoms with Gasteiger partial charge in [-0.05, 0) is 31.5 Å². The van der Waals surface area contributed by atoms with E-state index in [9.17, 15) is 10.0 Å². The first-order chi connectivity index (χ1) is 14.1. The summed E-state index contributed by atoms with van der Waals surface area (Å²) in [6.45, 7) is 3.72. The van der Waals surface area contributed by atoms with E-state index in [1.165, 1.54) is 6.20 Å². The number of benzene rings is 2. The van der Waals surface area contributed by atoms with Gasteiger partial charge in [0.1, 0.15) is 6.04 Å². The molecule has 0 aliphatic rings. The molecular formula is C24H21N3O2. The van der Waals surface area contributed by atoms with Crippen LogP contribution in [-0.4, -0.2) is 10.9 Å². The molecule has 0 spiro atoms. The van der Waals surface area contributed by atoms with E-state index in [0.717, 1.165) is 32.5 Å². The zero-order chi connectivity index (χ0) is 20.4. The second kappa shape index (κ2) is 7.72. The highest BCUT2D eigenvalue weighted by molar-refractivity contribution is 6.09. The van der Waals surface area contributed by atoms with Gasteiger partial charge in [0.05, 0.1) is 16.8 Å². The minimum atomic E-state index is -0.437. The summed E-state index contributed by atoms with van der Waals surface area (Å²) in [5.41, 5.74) is 4.37. The van der Waals surface area contributed by atoms with Crippen molar-refractivity contribution in [3.8, 4) is 11.3 Å². The number of carbonyl (C=O) groups is 1. The number of pyridine rings is 2. The number of aromatic nitrogens is 2. The summed E-state index contributed by atoms with van der Waals surface area (Å²) in [5, 5.41) is 15.8. The Labute approximate surface area is 169 Å². The van der Waals surface area contributed by atoms with E-state index >= 15 is 0 Å². The Balaban J connectivity index is 1.81. The number of rotatable bonds is 4. The molecule has 1 amide bonds. The molecule has 0 aliphatic carbocycles. The lowest BCUT2D eigenvalue weighted by molar-refractivity contribution is -0.615. The second-order valence-electron chi connectivity index (χ2n) is 6.99. The smallest absolute Gasteiger partial charge is 0.253 e. The number of hydrogen-bond acceptors (Lipinski definition) is 3. The Hall–Kier alpha value is -3.73. The molecule has 0 aliphatic heterocycles. The first kappa shape index (κ1) is 18.6. The molecule has 0 saturated heterocycles. The predicted octanol–water partition coefficient (Wildman–Crippen LogP) is 4.33. The van der Waals surface area contributed by atoms with Crippen LogP contribution >= 0.6 is 0 Å². The van der Waals surface area contributed by atoms with Gasteiger partial charge in [-0.2, -0.15) is 4.73 Å². The van der Waals surface area contributed by atoms with E-state index in [1.807, 2.05) is 61.5 Å². The highest BCUT2D eigenvalue weighted by atomic mass is 16.5. The highest BCUT2D eigenvalue weighted by Crippen LogP contribution is 2.30. The van der Waals surface area contributed by atoms with Gasteiger partial charge in [0.2, 0.25) is 5.69 Å². The zero-order valence-electron chi connectivity index (χ0n) is 16.3. The lowest BCUT2D eigenvalue weighted by atomic mass is 9.97. The topological polar surface area (TPSA) is 68.9 Å². The van der Waals surface area contributed by atoms with Crippen molar-refractivity contribution in [2.45, 2.75) is 19.9 Å². The number of fused-ring (bicyclic) bond motifs is 1. The number of carbonyl (C=O) groups excluding carboxylic acids is 1. The standard InChI is InChI=1S/C24H21N3O2/c1-16-22(24(28)25-17(2)21-14-8-9-15-27(21)29)19-12-6-7-13-20(19)26-23(16)18-10-4-3-5-11-18/h3-15,17H,1-2H3,(H,25,28). The summed E-state index contributed by atoms with van der Waals surface area (Å²) in [6.07, 6.45) is 1.43. The van der Waals surface area contributed by atoms with Crippen LogP contribution in [0.1, 0.15) is 34.6 Å². The molecule has 0 saturated carbocycles. The molecule has 5 heteroatoms. The van der Waals surface area contributed by atoms with Crippen LogP contribution in [0.2, 0.25) is 0 Å². The molecular weight excluding hydrogens is 362 g/mol. The summed E-state index contributed by atoms with van der Waals surface area (Å²) in [5.74, 6) is -0.227. The van der Waals surface area contributed by atoms with Crippen LogP contribution in [0.15, 0.2) is 79.0 Å². The number of hydrogen-bond donors (Lipinski definition) is 1. The minimum absolute atomic E-state index is 0.227. The number of para-hydroxylation sites is 1. The fourth-order valence-electron chi connectivity index (χ4n) is 3.60. The lowest BCUT2D eigenvalue weighted by Gasteiger charge is -2.17. The van der Waals surface area contributed by atoms with E-state index in [-0.39, 0.29) is 5.91 Å². The van der Waals surface area contributed by atoms with E-state index in [2.05, 4.69) is 5.32 Å². The number of amides is 1. The number of nitrogens with one attached hydrogen (secondary N) is 1. The molecule has 1 atom stereocenters. The van der Waals surface area contributed by atoms with Gasteiger partial charge < -0.3 is 10.5 Å². The molecule has 2 heterocycles. The average molecular weight is 383 g/mol. The molecule has 0 fully saturated rings. The summed E-state index contributed by atoms with van der Waals surface area (Å²) in [7, 11) is 0. The fourth-order valence-corrected chi connectivity index (χ4v) is 3.60. The van der Waals surface area contributed by atoms with Crippen LogP contribution in [0.4, 0.5) is 0 Å². The Morgan fingerprint density at radius 1 is 1.00 bits per heavy atom. The van der Waals surface area contributed by atoms with Crippen LogP contribution in [0.3, 0.4) is 0 Å². The van der Waals surface area contributed by atoms with Crippen LogP contribution in [0, 0.1) is 12.1 Å².